The minimum atomic E-state index is 0.449. The van der Waals surface area contributed by atoms with Gasteiger partial charge in [-0.15, -0.1) is 0 Å². The van der Waals surface area contributed by atoms with E-state index in [2.05, 4.69) is 49.3 Å². The monoisotopic (exact) mass is 289 g/mol. The molecule has 1 heterocycles. The summed E-state index contributed by atoms with van der Waals surface area (Å²) in [6, 6.07) is 2.71. The predicted octanol–water partition coefficient (Wildman–Crippen LogP) is 4.21. The molecule has 1 aliphatic carbocycles. The maximum atomic E-state index is 4.46. The van der Waals surface area contributed by atoms with Crippen LogP contribution >= 0.6 is 0 Å². The van der Waals surface area contributed by atoms with Crippen LogP contribution in [0.5, 0.6) is 0 Å². The predicted molar refractivity (Wildman–Crippen MR) is 88.3 cm³/mol. The second kappa shape index (κ2) is 7.88. The Balaban J connectivity index is 2.35. The fourth-order valence-electron chi connectivity index (χ4n) is 3.97. The van der Waals surface area contributed by atoms with Crippen LogP contribution in [-0.4, -0.2) is 16.7 Å². The fraction of sp³-hybridized carbons (Fsp3) is 0.778. The van der Waals surface area contributed by atoms with Crippen molar-refractivity contribution in [3.63, 3.8) is 0 Å². The molecule has 0 saturated heterocycles. The van der Waals surface area contributed by atoms with Gasteiger partial charge in [0.15, 0.2) is 0 Å². The summed E-state index contributed by atoms with van der Waals surface area (Å²) in [5.41, 5.74) is 3.61. The molecule has 3 heteroatoms. The van der Waals surface area contributed by atoms with E-state index in [1.165, 1.54) is 43.4 Å². The van der Waals surface area contributed by atoms with Crippen LogP contribution in [0, 0.1) is 18.8 Å². The van der Waals surface area contributed by atoms with E-state index in [0.717, 1.165) is 30.5 Å². The van der Waals surface area contributed by atoms with Gasteiger partial charge in [0.2, 0.25) is 0 Å². The maximum absolute atomic E-state index is 4.46. The molecular weight excluding hydrogens is 258 g/mol. The van der Waals surface area contributed by atoms with Gasteiger partial charge < -0.3 is 5.32 Å². The molecule has 3 nitrogen and oxygen atoms in total. The van der Waals surface area contributed by atoms with Crippen molar-refractivity contribution in [1.29, 1.82) is 0 Å². The number of hydrogen-bond acceptors (Lipinski definition) is 3. The fourth-order valence-corrected chi connectivity index (χ4v) is 3.97. The Morgan fingerprint density at radius 2 is 1.95 bits per heavy atom. The second-order valence-electron chi connectivity index (χ2n) is 6.39. The Kier molecular flexibility index (Phi) is 6.16. The third-order valence-electron chi connectivity index (χ3n) is 5.04. The van der Waals surface area contributed by atoms with Gasteiger partial charge >= 0.3 is 0 Å². The van der Waals surface area contributed by atoms with Crippen molar-refractivity contribution in [3.05, 3.63) is 23.0 Å². The standard InChI is InChI=1S/C18H31N3/c1-5-14-10-8-9-11-15(14)18(19-7-3)16-12-13(4)20-21-17(16)6-2/h12,14-15,18-19H,5-11H2,1-4H3. The van der Waals surface area contributed by atoms with Gasteiger partial charge in [-0.25, -0.2) is 0 Å². The van der Waals surface area contributed by atoms with Gasteiger partial charge in [0.05, 0.1) is 11.4 Å². The molecule has 1 fully saturated rings. The molecule has 1 aliphatic rings. The Hall–Kier alpha value is -0.960. The molecule has 1 aromatic rings. The van der Waals surface area contributed by atoms with E-state index in [9.17, 15) is 0 Å². The van der Waals surface area contributed by atoms with Gasteiger partial charge in [0.1, 0.15) is 0 Å². The van der Waals surface area contributed by atoms with E-state index in [0.29, 0.717) is 6.04 Å². The third-order valence-corrected chi connectivity index (χ3v) is 5.04. The summed E-state index contributed by atoms with van der Waals surface area (Å²) in [6.45, 7) is 9.82. The molecular formula is C18H31N3. The molecule has 0 spiro atoms. The van der Waals surface area contributed by atoms with Crippen molar-refractivity contribution in [3.8, 4) is 0 Å². The molecule has 21 heavy (non-hydrogen) atoms. The molecule has 118 valence electrons. The molecule has 1 aromatic heterocycles. The zero-order chi connectivity index (χ0) is 15.2. The highest BCUT2D eigenvalue weighted by Gasteiger charge is 2.32. The van der Waals surface area contributed by atoms with Crippen molar-refractivity contribution in [1.82, 2.24) is 15.5 Å². The number of aryl methyl sites for hydroxylation is 2. The topological polar surface area (TPSA) is 37.8 Å². The zero-order valence-electron chi connectivity index (χ0n) is 14.2. The molecule has 0 aliphatic heterocycles. The van der Waals surface area contributed by atoms with Crippen molar-refractivity contribution >= 4 is 0 Å². The maximum Gasteiger partial charge on any atom is 0.0676 e. The van der Waals surface area contributed by atoms with Gasteiger partial charge in [-0.05, 0) is 49.8 Å². The molecule has 0 amide bonds. The molecule has 1 saturated carbocycles. The lowest BCUT2D eigenvalue weighted by atomic mass is 9.72. The SMILES string of the molecule is CCNC(c1cc(C)nnc1CC)C1CCCCC1CC. The largest absolute Gasteiger partial charge is 0.310 e. The first kappa shape index (κ1) is 16.4. The van der Waals surface area contributed by atoms with Crippen LogP contribution in [0.1, 0.15) is 75.9 Å². The summed E-state index contributed by atoms with van der Waals surface area (Å²) >= 11 is 0. The lowest BCUT2D eigenvalue weighted by molar-refractivity contribution is 0.176. The van der Waals surface area contributed by atoms with Crippen LogP contribution in [0.2, 0.25) is 0 Å². The quantitative estimate of drug-likeness (QED) is 0.852. The number of aromatic nitrogens is 2. The van der Waals surface area contributed by atoms with Crippen molar-refractivity contribution < 1.29 is 0 Å². The van der Waals surface area contributed by atoms with E-state index < -0.39 is 0 Å². The first-order valence-corrected chi connectivity index (χ1v) is 8.77. The summed E-state index contributed by atoms with van der Waals surface area (Å²) < 4.78 is 0. The van der Waals surface area contributed by atoms with E-state index in [1.54, 1.807) is 0 Å². The Labute approximate surface area is 129 Å². The molecule has 2 rings (SSSR count). The van der Waals surface area contributed by atoms with Gasteiger partial charge in [0, 0.05) is 6.04 Å². The molecule has 1 N–H and O–H groups in total. The average Bonchev–Trinajstić information content (AvgIpc) is 2.52. The summed E-state index contributed by atoms with van der Waals surface area (Å²) in [6.07, 6.45) is 7.78. The van der Waals surface area contributed by atoms with Crippen molar-refractivity contribution in [2.24, 2.45) is 11.8 Å². The van der Waals surface area contributed by atoms with E-state index in [4.69, 9.17) is 0 Å². The lowest BCUT2D eigenvalue weighted by Gasteiger charge is -2.38. The molecule has 0 aromatic carbocycles. The molecule has 0 radical (unpaired) electrons. The Morgan fingerprint density at radius 1 is 1.19 bits per heavy atom. The van der Waals surface area contributed by atoms with E-state index >= 15 is 0 Å². The number of rotatable bonds is 6. The highest BCUT2D eigenvalue weighted by molar-refractivity contribution is 5.26. The zero-order valence-corrected chi connectivity index (χ0v) is 14.2. The summed E-state index contributed by atoms with van der Waals surface area (Å²) in [5, 5.41) is 12.5. The highest BCUT2D eigenvalue weighted by Crippen LogP contribution is 2.41. The average molecular weight is 289 g/mol. The Bertz CT molecular complexity index is 444. The van der Waals surface area contributed by atoms with Crippen LogP contribution in [0.25, 0.3) is 0 Å². The summed E-state index contributed by atoms with van der Waals surface area (Å²) in [7, 11) is 0. The van der Waals surface area contributed by atoms with Crippen molar-refractivity contribution in [2.45, 2.75) is 72.3 Å². The van der Waals surface area contributed by atoms with E-state index in [-0.39, 0.29) is 0 Å². The first-order chi connectivity index (χ1) is 10.2. The number of nitrogens with one attached hydrogen (secondary N) is 1. The van der Waals surface area contributed by atoms with Gasteiger partial charge in [-0.1, -0.05) is 46.5 Å². The molecule has 3 unspecified atom stereocenters. The van der Waals surface area contributed by atoms with Crippen LogP contribution in [0.4, 0.5) is 0 Å². The minimum Gasteiger partial charge on any atom is -0.310 e. The number of nitrogens with zero attached hydrogens (tertiary/aromatic N) is 2. The Morgan fingerprint density at radius 3 is 2.62 bits per heavy atom. The van der Waals surface area contributed by atoms with Crippen LogP contribution < -0.4 is 5.32 Å². The third kappa shape index (κ3) is 3.82. The van der Waals surface area contributed by atoms with Crippen LogP contribution in [0.3, 0.4) is 0 Å². The van der Waals surface area contributed by atoms with Gasteiger partial charge in [-0.3, -0.25) is 0 Å². The number of hydrogen-bond donors (Lipinski definition) is 1. The summed E-state index contributed by atoms with van der Waals surface area (Å²) in [5.74, 6) is 1.60. The summed E-state index contributed by atoms with van der Waals surface area (Å²) in [4.78, 5) is 0. The van der Waals surface area contributed by atoms with Gasteiger partial charge in [-0.2, -0.15) is 10.2 Å². The normalized spacial score (nSPS) is 24.0. The second-order valence-corrected chi connectivity index (χ2v) is 6.39. The van der Waals surface area contributed by atoms with Gasteiger partial charge in [0.25, 0.3) is 0 Å². The van der Waals surface area contributed by atoms with Crippen LogP contribution in [0.15, 0.2) is 6.07 Å². The minimum absolute atomic E-state index is 0.449. The molecule has 3 atom stereocenters. The first-order valence-electron chi connectivity index (χ1n) is 8.77. The van der Waals surface area contributed by atoms with Crippen LogP contribution in [-0.2, 0) is 6.42 Å². The lowest BCUT2D eigenvalue weighted by Crippen LogP contribution is -2.35. The van der Waals surface area contributed by atoms with E-state index in [1.807, 2.05) is 0 Å². The van der Waals surface area contributed by atoms with Crippen molar-refractivity contribution in [2.75, 3.05) is 6.54 Å². The molecule has 0 bridgehead atoms. The smallest absolute Gasteiger partial charge is 0.0676 e. The highest BCUT2D eigenvalue weighted by atomic mass is 15.1.